The lowest BCUT2D eigenvalue weighted by atomic mass is 9.76. The van der Waals surface area contributed by atoms with Crippen LogP contribution in [0.2, 0.25) is 0 Å². The molecule has 2 heterocycles. The highest BCUT2D eigenvalue weighted by Gasteiger charge is 2.47. The number of carbonyl (C=O) groups is 1. The van der Waals surface area contributed by atoms with Crippen molar-refractivity contribution in [3.8, 4) is 0 Å². The highest BCUT2D eigenvalue weighted by atomic mass is 19.3. The first-order valence-electron chi connectivity index (χ1n) is 10.7. The minimum absolute atomic E-state index is 0.0199. The van der Waals surface area contributed by atoms with Gasteiger partial charge in [0.05, 0.1) is 12.8 Å². The molecule has 28 heavy (non-hydrogen) atoms. The van der Waals surface area contributed by atoms with Crippen molar-refractivity contribution in [2.75, 3.05) is 19.8 Å². The lowest BCUT2D eigenvalue weighted by Crippen LogP contribution is -2.41. The van der Waals surface area contributed by atoms with E-state index in [4.69, 9.17) is 9.47 Å². The van der Waals surface area contributed by atoms with E-state index < -0.39 is 24.1 Å². The molecular formula is C20H32F2N2O4. The number of ether oxygens (including phenoxy) is 2. The number of carbonyl (C=O) groups excluding carboxylic acids is 1. The number of aliphatic hydroxyl groups is 1. The monoisotopic (exact) mass is 402 g/mol. The van der Waals surface area contributed by atoms with Gasteiger partial charge >= 0.3 is 5.97 Å². The molecule has 2 saturated carbocycles. The summed E-state index contributed by atoms with van der Waals surface area (Å²) in [6, 6.07) is -0.0623. The van der Waals surface area contributed by atoms with E-state index in [0.717, 1.165) is 38.6 Å². The van der Waals surface area contributed by atoms with Gasteiger partial charge in [-0.25, -0.2) is 8.78 Å². The normalized spacial score (nSPS) is 41.0. The number of nitrogens with one attached hydrogen (secondary N) is 2. The molecule has 160 valence electrons. The fourth-order valence-corrected chi connectivity index (χ4v) is 5.40. The van der Waals surface area contributed by atoms with Crippen LogP contribution in [0.4, 0.5) is 8.78 Å². The summed E-state index contributed by atoms with van der Waals surface area (Å²) >= 11 is 0. The molecular weight excluding hydrogens is 370 g/mol. The van der Waals surface area contributed by atoms with Gasteiger partial charge in [-0.15, -0.1) is 0 Å². The van der Waals surface area contributed by atoms with Crippen molar-refractivity contribution in [2.45, 2.75) is 81.6 Å². The molecule has 1 unspecified atom stereocenters. The van der Waals surface area contributed by atoms with Gasteiger partial charge < -0.3 is 19.9 Å². The van der Waals surface area contributed by atoms with Crippen molar-refractivity contribution >= 4 is 5.97 Å². The number of alkyl halides is 2. The van der Waals surface area contributed by atoms with Crippen LogP contribution in [0.3, 0.4) is 0 Å². The molecule has 8 heteroatoms. The number of aliphatic hydroxyl groups excluding tert-OH is 1. The molecule has 0 spiro atoms. The van der Waals surface area contributed by atoms with E-state index in [1.165, 1.54) is 0 Å². The van der Waals surface area contributed by atoms with Gasteiger partial charge in [-0.1, -0.05) is 12.8 Å². The fourth-order valence-electron chi connectivity index (χ4n) is 5.40. The maximum absolute atomic E-state index is 12.9. The van der Waals surface area contributed by atoms with Crippen LogP contribution in [-0.2, 0) is 14.3 Å². The van der Waals surface area contributed by atoms with Gasteiger partial charge in [-0.3, -0.25) is 10.1 Å². The first kappa shape index (κ1) is 20.4. The molecule has 4 aliphatic rings. The van der Waals surface area contributed by atoms with Crippen LogP contribution in [0.15, 0.2) is 0 Å². The Labute approximate surface area is 164 Å². The van der Waals surface area contributed by atoms with Crippen molar-refractivity contribution in [1.29, 1.82) is 0 Å². The lowest BCUT2D eigenvalue weighted by Gasteiger charge is -2.35. The maximum atomic E-state index is 12.9. The third kappa shape index (κ3) is 4.83. The average Bonchev–Trinajstić information content (AvgIpc) is 3.27. The number of hydrogen-bond acceptors (Lipinski definition) is 6. The summed E-state index contributed by atoms with van der Waals surface area (Å²) in [5.74, 6) is -2.23. The fraction of sp³-hybridized carbons (Fsp3) is 0.950. The van der Waals surface area contributed by atoms with Gasteiger partial charge in [0.2, 0.25) is 5.92 Å². The van der Waals surface area contributed by atoms with Gasteiger partial charge in [0.1, 0.15) is 12.2 Å². The minimum Gasteiger partial charge on any atom is -0.458 e. The van der Waals surface area contributed by atoms with Crippen molar-refractivity contribution in [1.82, 2.24) is 10.6 Å². The van der Waals surface area contributed by atoms with Crippen LogP contribution in [0.25, 0.3) is 0 Å². The van der Waals surface area contributed by atoms with Gasteiger partial charge in [-0.05, 0) is 37.0 Å². The highest BCUT2D eigenvalue weighted by molar-refractivity contribution is 5.70. The second kappa shape index (κ2) is 8.50. The zero-order valence-electron chi connectivity index (χ0n) is 16.2. The SMILES string of the molecule is O=C(CC1CC(F)(F)C1)O[C@@H]1[C@@H](O)CN[C@@H]1CC1CCC(C2CNCO2)CC1. The van der Waals surface area contributed by atoms with Crippen molar-refractivity contribution in [2.24, 2.45) is 17.8 Å². The Morgan fingerprint density at radius 1 is 1.14 bits per heavy atom. The van der Waals surface area contributed by atoms with E-state index in [2.05, 4.69) is 10.6 Å². The molecule has 2 saturated heterocycles. The van der Waals surface area contributed by atoms with Crippen LogP contribution >= 0.6 is 0 Å². The molecule has 0 bridgehead atoms. The zero-order chi connectivity index (χ0) is 19.7. The second-order valence-corrected chi connectivity index (χ2v) is 9.19. The Kier molecular flexibility index (Phi) is 6.20. The molecule has 0 radical (unpaired) electrons. The van der Waals surface area contributed by atoms with Crippen LogP contribution in [-0.4, -0.2) is 61.2 Å². The topological polar surface area (TPSA) is 79.8 Å². The number of β-amino-alcohol motifs (C(OH)–C–C–N with tert-alkyl or cyclic N) is 1. The smallest absolute Gasteiger partial charge is 0.306 e. The molecule has 4 fully saturated rings. The molecule has 4 rings (SSSR count). The maximum Gasteiger partial charge on any atom is 0.306 e. The van der Waals surface area contributed by atoms with Crippen molar-refractivity contribution in [3.05, 3.63) is 0 Å². The van der Waals surface area contributed by atoms with E-state index in [9.17, 15) is 18.7 Å². The molecule has 0 amide bonds. The van der Waals surface area contributed by atoms with E-state index >= 15 is 0 Å². The number of rotatable bonds is 6. The standard InChI is InChI=1S/C20H32F2N2O4/c21-20(22)7-13(8-20)6-18(26)28-19-15(24-9-16(19)25)5-12-1-3-14(4-2-12)17-10-23-11-27-17/h12-17,19,23-25H,1-11H2/t12?,14?,15-,16+,17?,19+/m1/s1. The van der Waals surface area contributed by atoms with E-state index in [1.54, 1.807) is 0 Å². The molecule has 2 aliphatic heterocycles. The van der Waals surface area contributed by atoms with Crippen LogP contribution < -0.4 is 10.6 Å². The summed E-state index contributed by atoms with van der Waals surface area (Å²) < 4.78 is 37.1. The Morgan fingerprint density at radius 2 is 1.89 bits per heavy atom. The van der Waals surface area contributed by atoms with E-state index in [0.29, 0.717) is 31.2 Å². The predicted octanol–water partition coefficient (Wildman–Crippen LogP) is 1.81. The van der Waals surface area contributed by atoms with Gasteiger partial charge in [0.25, 0.3) is 0 Å². The molecule has 0 aromatic heterocycles. The predicted molar refractivity (Wildman–Crippen MR) is 97.8 cm³/mol. The Morgan fingerprint density at radius 3 is 2.54 bits per heavy atom. The van der Waals surface area contributed by atoms with Gasteiger partial charge in [0, 0.05) is 38.4 Å². The molecule has 2 aliphatic carbocycles. The van der Waals surface area contributed by atoms with Crippen LogP contribution in [0, 0.1) is 17.8 Å². The Bertz CT molecular complexity index is 542. The first-order valence-corrected chi connectivity index (χ1v) is 10.7. The van der Waals surface area contributed by atoms with E-state index in [-0.39, 0.29) is 31.2 Å². The largest absolute Gasteiger partial charge is 0.458 e. The Balaban J connectivity index is 1.22. The summed E-state index contributed by atoms with van der Waals surface area (Å²) in [6.07, 6.45) is 3.98. The quantitative estimate of drug-likeness (QED) is 0.588. The molecule has 6 nitrogen and oxygen atoms in total. The minimum atomic E-state index is -2.62. The third-order valence-corrected chi connectivity index (χ3v) is 7.01. The van der Waals surface area contributed by atoms with Gasteiger partial charge in [-0.2, -0.15) is 0 Å². The summed E-state index contributed by atoms with van der Waals surface area (Å²) in [5.41, 5.74) is 0. The lowest BCUT2D eigenvalue weighted by molar-refractivity contribution is -0.162. The summed E-state index contributed by atoms with van der Waals surface area (Å²) in [4.78, 5) is 12.2. The zero-order valence-corrected chi connectivity index (χ0v) is 16.2. The number of hydrogen-bond donors (Lipinski definition) is 3. The van der Waals surface area contributed by atoms with Crippen LogP contribution in [0.5, 0.6) is 0 Å². The van der Waals surface area contributed by atoms with Crippen LogP contribution in [0.1, 0.15) is 51.4 Å². The first-order chi connectivity index (χ1) is 13.4. The average molecular weight is 402 g/mol. The molecule has 4 atom stereocenters. The van der Waals surface area contributed by atoms with E-state index in [1.807, 2.05) is 0 Å². The molecule has 3 N–H and O–H groups in total. The second-order valence-electron chi connectivity index (χ2n) is 9.19. The van der Waals surface area contributed by atoms with Crippen molar-refractivity contribution < 1.29 is 28.2 Å². The summed E-state index contributed by atoms with van der Waals surface area (Å²) in [5, 5.41) is 16.8. The van der Waals surface area contributed by atoms with Gasteiger partial charge in [0.15, 0.2) is 0 Å². The summed E-state index contributed by atoms with van der Waals surface area (Å²) in [7, 11) is 0. The Hall–Kier alpha value is -0.830. The summed E-state index contributed by atoms with van der Waals surface area (Å²) in [6.45, 7) is 2.00. The molecule has 0 aromatic carbocycles. The number of halogens is 2. The molecule has 0 aromatic rings. The number of esters is 1. The highest BCUT2D eigenvalue weighted by Crippen LogP contribution is 2.44. The third-order valence-electron chi connectivity index (χ3n) is 7.01. The van der Waals surface area contributed by atoms with Crippen molar-refractivity contribution in [3.63, 3.8) is 0 Å².